The van der Waals surface area contributed by atoms with E-state index in [1.54, 1.807) is 0 Å². The summed E-state index contributed by atoms with van der Waals surface area (Å²) in [6, 6.07) is 0. The molecular formula is C13H28N2. The van der Waals surface area contributed by atoms with Crippen LogP contribution in [0.5, 0.6) is 0 Å². The summed E-state index contributed by atoms with van der Waals surface area (Å²) in [5, 5.41) is 7.08. The number of hydrogen-bond acceptors (Lipinski definition) is 2. The summed E-state index contributed by atoms with van der Waals surface area (Å²) in [4.78, 5) is 0. The van der Waals surface area contributed by atoms with Crippen LogP contribution in [0.25, 0.3) is 0 Å². The van der Waals surface area contributed by atoms with Gasteiger partial charge in [0, 0.05) is 5.54 Å². The minimum absolute atomic E-state index is 0.269. The van der Waals surface area contributed by atoms with Crippen LogP contribution in [0.15, 0.2) is 0 Å². The first kappa shape index (κ1) is 13.0. The van der Waals surface area contributed by atoms with Crippen LogP contribution in [-0.4, -0.2) is 25.2 Å². The molecular weight excluding hydrogens is 184 g/mol. The van der Waals surface area contributed by atoms with Gasteiger partial charge in [-0.1, -0.05) is 12.8 Å². The molecule has 1 aliphatic carbocycles. The minimum atomic E-state index is 0.269. The van der Waals surface area contributed by atoms with E-state index in [4.69, 9.17) is 0 Å². The smallest absolute Gasteiger partial charge is 0.00965 e. The Hall–Kier alpha value is -0.0800. The number of hydrogen-bond donors (Lipinski definition) is 2. The van der Waals surface area contributed by atoms with Gasteiger partial charge >= 0.3 is 0 Å². The summed E-state index contributed by atoms with van der Waals surface area (Å²) in [5.41, 5.74) is 0.269. The van der Waals surface area contributed by atoms with E-state index in [2.05, 4.69) is 31.4 Å². The zero-order valence-corrected chi connectivity index (χ0v) is 10.7. The van der Waals surface area contributed by atoms with Crippen molar-refractivity contribution in [2.45, 2.75) is 58.4 Å². The van der Waals surface area contributed by atoms with Gasteiger partial charge < -0.3 is 10.6 Å². The molecule has 2 heteroatoms. The molecule has 0 aromatic rings. The Morgan fingerprint density at radius 3 is 2.33 bits per heavy atom. The molecule has 0 heterocycles. The van der Waals surface area contributed by atoms with E-state index in [0.29, 0.717) is 0 Å². The Morgan fingerprint density at radius 1 is 1.07 bits per heavy atom. The van der Waals surface area contributed by atoms with Gasteiger partial charge in [-0.2, -0.15) is 0 Å². The molecule has 1 rings (SSSR count). The summed E-state index contributed by atoms with van der Waals surface area (Å²) in [7, 11) is 0. The van der Waals surface area contributed by atoms with Crippen LogP contribution in [0.1, 0.15) is 52.9 Å². The summed E-state index contributed by atoms with van der Waals surface area (Å²) >= 11 is 0. The summed E-state index contributed by atoms with van der Waals surface area (Å²) in [5.74, 6) is 0.973. The van der Waals surface area contributed by atoms with Gasteiger partial charge in [0.05, 0.1) is 0 Å². The zero-order valence-electron chi connectivity index (χ0n) is 10.7. The number of rotatable bonds is 6. The van der Waals surface area contributed by atoms with Gasteiger partial charge in [-0.15, -0.1) is 0 Å². The van der Waals surface area contributed by atoms with Gasteiger partial charge in [0.2, 0.25) is 0 Å². The Kier molecular flexibility index (Phi) is 5.62. The second-order valence-corrected chi connectivity index (χ2v) is 5.88. The van der Waals surface area contributed by atoms with Crippen molar-refractivity contribution in [1.82, 2.24) is 10.6 Å². The minimum Gasteiger partial charge on any atom is -0.316 e. The second-order valence-electron chi connectivity index (χ2n) is 5.88. The average Bonchev–Trinajstić information content (AvgIpc) is 2.61. The molecule has 0 aromatic carbocycles. The summed E-state index contributed by atoms with van der Waals surface area (Å²) in [6.45, 7) is 10.2. The summed E-state index contributed by atoms with van der Waals surface area (Å²) in [6.07, 6.45) is 7.06. The largest absolute Gasteiger partial charge is 0.316 e. The van der Waals surface area contributed by atoms with E-state index >= 15 is 0 Å². The van der Waals surface area contributed by atoms with Gasteiger partial charge in [-0.3, -0.25) is 0 Å². The van der Waals surface area contributed by atoms with Crippen LogP contribution in [0.2, 0.25) is 0 Å². The summed E-state index contributed by atoms with van der Waals surface area (Å²) < 4.78 is 0. The van der Waals surface area contributed by atoms with Crippen molar-refractivity contribution >= 4 is 0 Å². The van der Waals surface area contributed by atoms with Gasteiger partial charge in [-0.05, 0) is 65.6 Å². The first-order valence-electron chi connectivity index (χ1n) is 6.54. The highest BCUT2D eigenvalue weighted by molar-refractivity contribution is 4.71. The van der Waals surface area contributed by atoms with Crippen molar-refractivity contribution in [1.29, 1.82) is 0 Å². The molecule has 1 aliphatic rings. The van der Waals surface area contributed by atoms with Gasteiger partial charge in [-0.25, -0.2) is 0 Å². The average molecular weight is 212 g/mol. The van der Waals surface area contributed by atoms with Gasteiger partial charge in [0.15, 0.2) is 0 Å². The monoisotopic (exact) mass is 212 g/mol. The molecule has 0 atom stereocenters. The fourth-order valence-electron chi connectivity index (χ4n) is 2.20. The molecule has 0 amide bonds. The molecule has 0 bridgehead atoms. The van der Waals surface area contributed by atoms with Crippen molar-refractivity contribution < 1.29 is 0 Å². The van der Waals surface area contributed by atoms with Crippen LogP contribution in [-0.2, 0) is 0 Å². The second kappa shape index (κ2) is 6.49. The van der Waals surface area contributed by atoms with Crippen LogP contribution in [0, 0.1) is 5.92 Å². The van der Waals surface area contributed by atoms with Crippen molar-refractivity contribution in [3.8, 4) is 0 Å². The van der Waals surface area contributed by atoms with E-state index < -0.39 is 0 Å². The topological polar surface area (TPSA) is 24.1 Å². The molecule has 0 aromatic heterocycles. The predicted molar refractivity (Wildman–Crippen MR) is 67.2 cm³/mol. The zero-order chi connectivity index (χ0) is 11.1. The lowest BCUT2D eigenvalue weighted by atomic mass is 10.1. The molecule has 15 heavy (non-hydrogen) atoms. The fraction of sp³-hybridized carbons (Fsp3) is 1.00. The van der Waals surface area contributed by atoms with Crippen LogP contribution in [0.4, 0.5) is 0 Å². The van der Waals surface area contributed by atoms with Gasteiger partial charge in [0.1, 0.15) is 0 Å². The Bertz CT molecular complexity index is 154. The fourth-order valence-corrected chi connectivity index (χ4v) is 2.20. The molecule has 1 saturated carbocycles. The quantitative estimate of drug-likeness (QED) is 0.661. The lowest BCUT2D eigenvalue weighted by Crippen LogP contribution is -2.37. The normalized spacial score (nSPS) is 18.6. The third kappa shape index (κ3) is 6.91. The highest BCUT2D eigenvalue weighted by Gasteiger charge is 2.13. The molecule has 90 valence electrons. The third-order valence-electron chi connectivity index (χ3n) is 3.09. The molecule has 2 nitrogen and oxygen atoms in total. The standard InChI is InChI=1S/C13H28N2/c1-13(2,3)15-10-6-9-14-11-12-7-4-5-8-12/h12,14-15H,4-11H2,1-3H3. The SMILES string of the molecule is CC(C)(C)NCCCNCC1CCCC1. The van der Waals surface area contributed by atoms with Crippen LogP contribution < -0.4 is 10.6 Å². The first-order chi connectivity index (χ1) is 7.08. The van der Waals surface area contributed by atoms with E-state index in [-0.39, 0.29) is 5.54 Å². The van der Waals surface area contributed by atoms with Crippen molar-refractivity contribution in [2.24, 2.45) is 5.92 Å². The molecule has 0 radical (unpaired) electrons. The van der Waals surface area contributed by atoms with Crippen LogP contribution >= 0.6 is 0 Å². The maximum absolute atomic E-state index is 3.57. The molecule has 1 fully saturated rings. The van der Waals surface area contributed by atoms with Crippen molar-refractivity contribution in [3.63, 3.8) is 0 Å². The lowest BCUT2D eigenvalue weighted by Gasteiger charge is -2.20. The van der Waals surface area contributed by atoms with Crippen LogP contribution in [0.3, 0.4) is 0 Å². The highest BCUT2D eigenvalue weighted by atomic mass is 14.9. The van der Waals surface area contributed by atoms with Gasteiger partial charge in [0.25, 0.3) is 0 Å². The third-order valence-corrected chi connectivity index (χ3v) is 3.09. The van der Waals surface area contributed by atoms with E-state index in [1.807, 2.05) is 0 Å². The molecule has 0 unspecified atom stereocenters. The predicted octanol–water partition coefficient (Wildman–Crippen LogP) is 2.54. The Balaban J connectivity index is 1.84. The van der Waals surface area contributed by atoms with E-state index in [1.165, 1.54) is 45.2 Å². The maximum Gasteiger partial charge on any atom is 0.00965 e. The first-order valence-corrected chi connectivity index (χ1v) is 6.54. The number of nitrogens with one attached hydrogen (secondary N) is 2. The molecule has 0 spiro atoms. The van der Waals surface area contributed by atoms with Crippen molar-refractivity contribution in [3.05, 3.63) is 0 Å². The molecule has 0 saturated heterocycles. The van der Waals surface area contributed by atoms with E-state index in [9.17, 15) is 0 Å². The Morgan fingerprint density at radius 2 is 1.73 bits per heavy atom. The maximum atomic E-state index is 3.57. The lowest BCUT2D eigenvalue weighted by molar-refractivity contribution is 0.412. The van der Waals surface area contributed by atoms with Crippen molar-refractivity contribution in [2.75, 3.05) is 19.6 Å². The van der Waals surface area contributed by atoms with E-state index in [0.717, 1.165) is 12.5 Å². The Labute approximate surface area is 95.2 Å². The highest BCUT2D eigenvalue weighted by Crippen LogP contribution is 2.23. The molecule has 2 N–H and O–H groups in total. The molecule has 0 aliphatic heterocycles.